The Bertz CT molecular complexity index is 337. The minimum absolute atomic E-state index is 0.121. The van der Waals surface area contributed by atoms with Gasteiger partial charge in [-0.3, -0.25) is 4.79 Å². The predicted octanol–water partition coefficient (Wildman–Crippen LogP) is 0.513. The Morgan fingerprint density at radius 2 is 2.62 bits per heavy atom. The van der Waals surface area contributed by atoms with Crippen molar-refractivity contribution in [3.8, 4) is 6.07 Å². The molecule has 1 aromatic rings. The van der Waals surface area contributed by atoms with E-state index in [0.29, 0.717) is 6.54 Å². The van der Waals surface area contributed by atoms with E-state index in [1.807, 2.05) is 0 Å². The Kier molecular flexibility index (Phi) is 3.03. The minimum atomic E-state index is -0.289. The molecule has 0 aliphatic rings. The molecule has 0 unspecified atom stereocenters. The van der Waals surface area contributed by atoms with Crippen molar-refractivity contribution in [3.63, 3.8) is 0 Å². The predicted molar refractivity (Wildman–Crippen MR) is 43.3 cm³/mol. The number of nitrogens with zero attached hydrogens (tertiary/aromatic N) is 2. The molecule has 1 N–H and O–H groups in total. The van der Waals surface area contributed by atoms with Gasteiger partial charge < -0.3 is 9.84 Å². The molecule has 0 radical (unpaired) electrons. The zero-order chi connectivity index (χ0) is 9.68. The number of aryl methyl sites for hydroxylation is 1. The maximum absolute atomic E-state index is 10.9. The first-order chi connectivity index (χ1) is 6.24. The molecule has 0 saturated carbocycles. The molecule has 0 spiro atoms. The topological polar surface area (TPSA) is 78.9 Å². The fourth-order valence-electron chi connectivity index (χ4n) is 0.811. The van der Waals surface area contributed by atoms with E-state index in [9.17, 15) is 4.79 Å². The Balaban J connectivity index is 2.40. The van der Waals surface area contributed by atoms with Gasteiger partial charge in [0.25, 0.3) is 0 Å². The summed E-state index contributed by atoms with van der Waals surface area (Å²) in [6, 6.07) is 1.76. The molecule has 13 heavy (non-hydrogen) atoms. The van der Waals surface area contributed by atoms with Gasteiger partial charge in [-0.25, -0.2) is 0 Å². The monoisotopic (exact) mass is 179 g/mol. The summed E-state index contributed by atoms with van der Waals surface area (Å²) in [5, 5.41) is 14.4. The third kappa shape index (κ3) is 2.60. The number of carbonyl (C=O) groups is 1. The van der Waals surface area contributed by atoms with Crippen molar-refractivity contribution in [3.05, 3.63) is 17.5 Å². The zero-order valence-electron chi connectivity index (χ0n) is 7.20. The number of hydrogen-bond acceptors (Lipinski definition) is 4. The van der Waals surface area contributed by atoms with Crippen molar-refractivity contribution in [2.24, 2.45) is 0 Å². The lowest BCUT2D eigenvalue weighted by Crippen LogP contribution is -2.21. The first-order valence-electron chi connectivity index (χ1n) is 3.77. The van der Waals surface area contributed by atoms with Crippen LogP contribution in [-0.2, 0) is 11.3 Å². The van der Waals surface area contributed by atoms with E-state index < -0.39 is 0 Å². The molecule has 0 atom stereocenters. The van der Waals surface area contributed by atoms with E-state index >= 15 is 0 Å². The number of amides is 1. The molecule has 68 valence electrons. The highest BCUT2D eigenvalue weighted by molar-refractivity contribution is 5.77. The number of nitrogens with one attached hydrogen (secondary N) is 1. The summed E-state index contributed by atoms with van der Waals surface area (Å²) in [6.07, 6.45) is 1.35. The van der Waals surface area contributed by atoms with Crippen LogP contribution >= 0.6 is 0 Å². The van der Waals surface area contributed by atoms with Gasteiger partial charge in [0.2, 0.25) is 5.91 Å². The number of aromatic nitrogens is 1. The summed E-state index contributed by atoms with van der Waals surface area (Å²) in [4.78, 5) is 10.9. The van der Waals surface area contributed by atoms with Gasteiger partial charge >= 0.3 is 0 Å². The molecule has 0 aliphatic heterocycles. The Morgan fingerprint density at radius 1 is 1.85 bits per heavy atom. The molecule has 0 aliphatic carbocycles. The van der Waals surface area contributed by atoms with Crippen LogP contribution in [0, 0.1) is 18.3 Å². The summed E-state index contributed by atoms with van der Waals surface area (Å²) in [5.41, 5.74) is 1.57. The maximum Gasteiger partial charge on any atom is 0.234 e. The number of carbonyl (C=O) groups excluding carboxylic acids is 1. The molecule has 1 amide bonds. The van der Waals surface area contributed by atoms with Crippen molar-refractivity contribution in [2.75, 3.05) is 0 Å². The second kappa shape index (κ2) is 4.26. The van der Waals surface area contributed by atoms with Crippen LogP contribution in [-0.4, -0.2) is 11.1 Å². The van der Waals surface area contributed by atoms with E-state index in [1.165, 1.54) is 6.26 Å². The smallest absolute Gasteiger partial charge is 0.234 e. The summed E-state index contributed by atoms with van der Waals surface area (Å²) in [5.74, 6) is -0.289. The fraction of sp³-hybridized carbons (Fsp3) is 0.375. The maximum atomic E-state index is 10.9. The minimum Gasteiger partial charge on any atom is -0.364 e. The van der Waals surface area contributed by atoms with Gasteiger partial charge in [0.05, 0.1) is 11.8 Å². The molecule has 1 rings (SSSR count). The van der Waals surface area contributed by atoms with E-state index in [4.69, 9.17) is 5.26 Å². The molecule has 0 saturated heterocycles. The fourth-order valence-corrected chi connectivity index (χ4v) is 0.811. The normalized spacial score (nSPS) is 9.23. The average molecular weight is 179 g/mol. The molecule has 5 nitrogen and oxygen atoms in total. The highest BCUT2D eigenvalue weighted by atomic mass is 16.5. The number of rotatable bonds is 3. The van der Waals surface area contributed by atoms with Crippen LogP contribution in [0.5, 0.6) is 0 Å². The molecule has 0 aromatic carbocycles. The highest BCUT2D eigenvalue weighted by Gasteiger charge is 2.04. The van der Waals surface area contributed by atoms with Gasteiger partial charge in [0.1, 0.15) is 12.7 Å². The second-order valence-electron chi connectivity index (χ2n) is 2.54. The molecule has 1 heterocycles. The summed E-state index contributed by atoms with van der Waals surface area (Å²) in [6.45, 7) is 2.14. The van der Waals surface area contributed by atoms with Crippen molar-refractivity contribution >= 4 is 5.91 Å². The zero-order valence-corrected chi connectivity index (χ0v) is 7.20. The molecular weight excluding hydrogens is 170 g/mol. The summed E-state index contributed by atoms with van der Waals surface area (Å²) < 4.78 is 4.67. The quantitative estimate of drug-likeness (QED) is 0.733. The first kappa shape index (κ1) is 9.26. The standard InChI is InChI=1S/C8H9N3O2/c1-6-7(5-13-11-6)4-10-8(12)2-3-9/h5H,2,4H2,1H3,(H,10,12). The van der Waals surface area contributed by atoms with Crippen molar-refractivity contribution < 1.29 is 9.32 Å². The van der Waals surface area contributed by atoms with Crippen LogP contribution in [0.15, 0.2) is 10.8 Å². The molecule has 1 aromatic heterocycles. The third-order valence-corrected chi connectivity index (χ3v) is 1.56. The van der Waals surface area contributed by atoms with E-state index in [-0.39, 0.29) is 12.3 Å². The van der Waals surface area contributed by atoms with Gasteiger partial charge in [-0.1, -0.05) is 5.16 Å². The van der Waals surface area contributed by atoms with Gasteiger partial charge in [0.15, 0.2) is 0 Å². The summed E-state index contributed by atoms with van der Waals surface area (Å²) in [7, 11) is 0. The van der Waals surface area contributed by atoms with Crippen molar-refractivity contribution in [1.82, 2.24) is 10.5 Å². The first-order valence-corrected chi connectivity index (χ1v) is 3.77. The van der Waals surface area contributed by atoms with Crippen LogP contribution in [0.4, 0.5) is 0 Å². The van der Waals surface area contributed by atoms with Crippen molar-refractivity contribution in [1.29, 1.82) is 5.26 Å². The van der Waals surface area contributed by atoms with Crippen LogP contribution < -0.4 is 5.32 Å². The largest absolute Gasteiger partial charge is 0.364 e. The SMILES string of the molecule is Cc1nocc1CNC(=O)CC#N. The Hall–Kier alpha value is -1.83. The summed E-state index contributed by atoms with van der Waals surface area (Å²) >= 11 is 0. The molecule has 0 bridgehead atoms. The number of nitriles is 1. The van der Waals surface area contributed by atoms with Crippen LogP contribution in [0.2, 0.25) is 0 Å². The molecule has 5 heteroatoms. The van der Waals surface area contributed by atoms with Crippen molar-refractivity contribution in [2.45, 2.75) is 19.9 Å². The molecule has 0 fully saturated rings. The van der Waals surface area contributed by atoms with Gasteiger partial charge in [0, 0.05) is 12.1 Å². The third-order valence-electron chi connectivity index (χ3n) is 1.56. The van der Waals surface area contributed by atoms with Gasteiger partial charge in [-0.15, -0.1) is 0 Å². The van der Waals surface area contributed by atoms with Gasteiger partial charge in [-0.05, 0) is 6.92 Å². The average Bonchev–Trinajstić information content (AvgIpc) is 2.48. The van der Waals surface area contributed by atoms with Crippen LogP contribution in [0.1, 0.15) is 17.7 Å². The van der Waals surface area contributed by atoms with Gasteiger partial charge in [-0.2, -0.15) is 5.26 Å². The lowest BCUT2D eigenvalue weighted by Gasteiger charge is -1.99. The van der Waals surface area contributed by atoms with Crippen LogP contribution in [0.3, 0.4) is 0 Å². The van der Waals surface area contributed by atoms with Crippen LogP contribution in [0.25, 0.3) is 0 Å². The highest BCUT2D eigenvalue weighted by Crippen LogP contribution is 2.03. The van der Waals surface area contributed by atoms with E-state index in [2.05, 4.69) is 15.0 Å². The second-order valence-corrected chi connectivity index (χ2v) is 2.54. The Labute approximate surface area is 75.3 Å². The molecular formula is C8H9N3O2. The van der Waals surface area contributed by atoms with E-state index in [0.717, 1.165) is 11.3 Å². The lowest BCUT2D eigenvalue weighted by atomic mass is 10.2. The lowest BCUT2D eigenvalue weighted by molar-refractivity contribution is -0.120. The number of hydrogen-bond donors (Lipinski definition) is 1. The Morgan fingerprint density at radius 3 is 3.15 bits per heavy atom. The van der Waals surface area contributed by atoms with E-state index in [1.54, 1.807) is 13.0 Å².